The summed E-state index contributed by atoms with van der Waals surface area (Å²) in [6, 6.07) is 0. The Hall–Kier alpha value is 0.272. The molecule has 0 aromatic heterocycles. The van der Waals surface area contributed by atoms with Crippen molar-refractivity contribution in [3.05, 3.63) is 10.5 Å². The van der Waals surface area contributed by atoms with E-state index in [0.29, 0.717) is 0 Å². The molecule has 0 fully saturated rings. The molecule has 0 bridgehead atoms. The molecule has 0 saturated carbocycles. The van der Waals surface area contributed by atoms with Crippen molar-refractivity contribution < 1.29 is 0 Å². The summed E-state index contributed by atoms with van der Waals surface area (Å²) in [5.41, 5.74) is 0. The minimum atomic E-state index is 1.41. The van der Waals surface area contributed by atoms with Crippen LogP contribution in [0.4, 0.5) is 0 Å². The van der Waals surface area contributed by atoms with Gasteiger partial charge in [-0.25, -0.2) is 0 Å². The molecule has 0 aliphatic rings. The number of allylic oxidation sites excluding steroid dienone is 2. The van der Waals surface area contributed by atoms with Crippen LogP contribution in [0.15, 0.2) is 10.5 Å². The largest absolute Gasteiger partial charge is 0.215 e. The minimum absolute atomic E-state index is 1.41. The Bertz CT molecular complexity index is 41.6. The average molecular weight is 83.1 g/mol. The van der Waals surface area contributed by atoms with Gasteiger partial charge in [0.25, 0.3) is 0 Å². The topological polar surface area (TPSA) is 0 Å². The Balaban J connectivity index is 3.14. The Kier molecular flexibility index (Phi) is 2.64. The van der Waals surface area contributed by atoms with Gasteiger partial charge in [-0.1, -0.05) is 6.92 Å². The molecule has 5 heavy (non-hydrogen) atoms. The van der Waals surface area contributed by atoms with E-state index in [1.807, 2.05) is 23.2 Å². The highest BCUT2D eigenvalue weighted by Gasteiger charge is 1.61. The summed E-state index contributed by atoms with van der Waals surface area (Å²) in [5.74, 6) is 0. The first-order chi connectivity index (χ1) is 2.27. The monoisotopic (exact) mass is 83.0 g/mol. The third kappa shape index (κ3) is 4.27. The zero-order valence-corrected chi connectivity index (χ0v) is 5.20. The molecule has 0 aliphatic heterocycles. The van der Waals surface area contributed by atoms with Crippen LogP contribution < -0.4 is 0 Å². The van der Waals surface area contributed by atoms with Gasteiger partial charge in [-0.15, -0.1) is 6.08 Å². The number of hydrogen-bond donors (Lipinski definition) is 0. The van der Waals surface area contributed by atoms with Gasteiger partial charge in [0.2, 0.25) is 16.3 Å². The first-order valence-electron chi connectivity index (χ1n) is 1.72. The maximum absolute atomic E-state index is 2.10. The van der Waals surface area contributed by atoms with Crippen molar-refractivity contribution in [1.82, 2.24) is 0 Å². The van der Waals surface area contributed by atoms with Crippen molar-refractivity contribution in [1.29, 1.82) is 0 Å². The van der Waals surface area contributed by atoms with Crippen LogP contribution in [-0.4, -0.2) is 16.3 Å². The van der Waals surface area contributed by atoms with Crippen molar-refractivity contribution in [3.63, 3.8) is 0 Å². The second-order valence-electron chi connectivity index (χ2n) is 1.14. The number of hydrogen-bond acceptors (Lipinski definition) is 0. The molecule has 0 spiro atoms. The van der Waals surface area contributed by atoms with Crippen molar-refractivity contribution in [3.8, 4) is 0 Å². The van der Waals surface area contributed by atoms with Gasteiger partial charge in [0.05, 0.1) is 0 Å². The van der Waals surface area contributed by atoms with E-state index >= 15 is 0 Å². The summed E-state index contributed by atoms with van der Waals surface area (Å²) in [4.78, 5) is 0. The summed E-state index contributed by atoms with van der Waals surface area (Å²) < 4.78 is 1.41. The van der Waals surface area contributed by atoms with E-state index in [9.17, 15) is 0 Å². The molecule has 0 unspecified atom stereocenters. The minimum Gasteiger partial charge on any atom is -0.156 e. The van der Waals surface area contributed by atoms with Gasteiger partial charge in [-0.05, 0) is 6.92 Å². The molecular weight excluding hydrogens is 75.0 g/mol. The van der Waals surface area contributed by atoms with E-state index in [0.717, 1.165) is 0 Å². The molecule has 0 nitrogen and oxygen atoms in total. The average Bonchev–Trinajstić information content (AvgIpc) is 1.38. The normalized spacial score (nSPS) is 12.0. The second-order valence-corrected chi connectivity index (χ2v) is 2.25. The highest BCUT2D eigenvalue weighted by atomic mass is 27.0. The van der Waals surface area contributed by atoms with E-state index in [1.54, 1.807) is 0 Å². The molecule has 0 saturated heterocycles. The van der Waals surface area contributed by atoms with Crippen molar-refractivity contribution in [2.24, 2.45) is 0 Å². The zero-order chi connectivity index (χ0) is 4.28. The highest BCUT2D eigenvalue weighted by molar-refractivity contribution is 6.21. The Morgan fingerprint density at radius 1 is 1.80 bits per heavy atom. The standard InChI is InChI=1S/C4H7.Al.H/c1-3-4-2;;/h3H,1-2H3;;. The SMILES string of the molecule is CC=[C](C)[AlH]. The van der Waals surface area contributed by atoms with Gasteiger partial charge in [-0.2, -0.15) is 4.44 Å². The lowest BCUT2D eigenvalue weighted by molar-refractivity contribution is 1.59. The smallest absolute Gasteiger partial charge is 0.156 e. The summed E-state index contributed by atoms with van der Waals surface area (Å²) in [6.07, 6.45) is 2.10. The van der Waals surface area contributed by atoms with Crippen LogP contribution in [-0.2, 0) is 0 Å². The first-order valence-corrected chi connectivity index (χ1v) is 2.43. The molecule has 0 aromatic carbocycles. The van der Waals surface area contributed by atoms with Crippen LogP contribution in [0, 0.1) is 0 Å². The van der Waals surface area contributed by atoms with Gasteiger partial charge in [0.1, 0.15) is 0 Å². The van der Waals surface area contributed by atoms with E-state index < -0.39 is 0 Å². The van der Waals surface area contributed by atoms with E-state index in [4.69, 9.17) is 0 Å². The molecule has 0 rings (SSSR count). The molecule has 0 aliphatic carbocycles. The lowest BCUT2D eigenvalue weighted by Crippen LogP contribution is -1.62. The van der Waals surface area contributed by atoms with Crippen LogP contribution in [0.5, 0.6) is 0 Å². The first kappa shape index (κ1) is 5.27. The van der Waals surface area contributed by atoms with E-state index in [2.05, 4.69) is 13.0 Å². The van der Waals surface area contributed by atoms with Crippen molar-refractivity contribution >= 4 is 16.3 Å². The summed E-state index contributed by atoms with van der Waals surface area (Å²) in [5, 5.41) is 0. The Morgan fingerprint density at radius 3 is 2.00 bits per heavy atom. The quantitative estimate of drug-likeness (QED) is 0.380. The second kappa shape index (κ2) is 2.51. The molecule has 1 radical (unpaired) electrons. The summed E-state index contributed by atoms with van der Waals surface area (Å²) in [7, 11) is 0. The fourth-order valence-corrected chi connectivity index (χ4v) is 0. The lowest BCUT2D eigenvalue weighted by atomic mass is 10.6. The molecule has 0 aromatic rings. The molecule has 1 heteroatoms. The molecule has 27 valence electrons. The molecule has 0 atom stereocenters. The van der Waals surface area contributed by atoms with Gasteiger partial charge < -0.3 is 0 Å². The lowest BCUT2D eigenvalue weighted by Gasteiger charge is -1.74. The Labute approximate surface area is 41.3 Å². The molecular formula is C4H8Al. The predicted octanol–water partition coefficient (Wildman–Crippen LogP) is 0.811. The highest BCUT2D eigenvalue weighted by Crippen LogP contribution is 1.76. The summed E-state index contributed by atoms with van der Waals surface area (Å²) >= 11 is 1.91. The van der Waals surface area contributed by atoms with Crippen LogP contribution in [0.1, 0.15) is 13.8 Å². The van der Waals surface area contributed by atoms with Crippen LogP contribution in [0.3, 0.4) is 0 Å². The Morgan fingerprint density at radius 2 is 2.00 bits per heavy atom. The van der Waals surface area contributed by atoms with Crippen molar-refractivity contribution in [2.45, 2.75) is 13.8 Å². The summed E-state index contributed by atoms with van der Waals surface area (Å²) in [6.45, 7) is 4.14. The van der Waals surface area contributed by atoms with Gasteiger partial charge in [0.15, 0.2) is 0 Å². The maximum Gasteiger partial charge on any atom is 0.215 e. The third-order valence-corrected chi connectivity index (χ3v) is 0.901. The van der Waals surface area contributed by atoms with Crippen LogP contribution in [0.25, 0.3) is 0 Å². The molecule has 0 N–H and O–H groups in total. The van der Waals surface area contributed by atoms with Crippen LogP contribution >= 0.6 is 0 Å². The maximum atomic E-state index is 2.10. The molecule has 0 heterocycles. The van der Waals surface area contributed by atoms with Crippen LogP contribution in [0.2, 0.25) is 0 Å². The van der Waals surface area contributed by atoms with Gasteiger partial charge in [-0.3, -0.25) is 0 Å². The number of rotatable bonds is 0. The van der Waals surface area contributed by atoms with Crippen molar-refractivity contribution in [2.75, 3.05) is 0 Å². The fourth-order valence-electron chi connectivity index (χ4n) is 0. The zero-order valence-electron chi connectivity index (χ0n) is 3.78. The van der Waals surface area contributed by atoms with E-state index in [-0.39, 0.29) is 0 Å². The van der Waals surface area contributed by atoms with Gasteiger partial charge >= 0.3 is 0 Å². The van der Waals surface area contributed by atoms with E-state index in [1.165, 1.54) is 4.44 Å². The predicted molar refractivity (Wildman–Crippen MR) is 26.6 cm³/mol. The molecule has 0 amide bonds. The fraction of sp³-hybridized carbons (Fsp3) is 0.500. The third-order valence-electron chi connectivity index (χ3n) is 0.493. The van der Waals surface area contributed by atoms with Gasteiger partial charge in [0, 0.05) is 0 Å².